The molecular weight excluding hydrogens is 328 g/mol. The number of nitrogen functional groups attached to an aromatic ring is 1. The maximum absolute atomic E-state index is 12.3. The number of thiazole rings is 1. The number of fused-ring (bicyclic) bond motifs is 1. The van der Waals surface area contributed by atoms with Crippen LogP contribution in [0.3, 0.4) is 0 Å². The summed E-state index contributed by atoms with van der Waals surface area (Å²) in [5.74, 6) is -0.417. The van der Waals surface area contributed by atoms with Gasteiger partial charge in [-0.25, -0.2) is 4.98 Å². The minimum atomic E-state index is -0.596. The first-order chi connectivity index (χ1) is 11.5. The summed E-state index contributed by atoms with van der Waals surface area (Å²) >= 11 is 1.49. The summed E-state index contributed by atoms with van der Waals surface area (Å²) in [4.78, 5) is 28.4. The summed E-state index contributed by atoms with van der Waals surface area (Å²) in [6.07, 6.45) is 6.65. The molecule has 3 rings (SSSR count). The average Bonchev–Trinajstić information content (AvgIpc) is 2.88. The van der Waals surface area contributed by atoms with Crippen LogP contribution < -0.4 is 11.1 Å². The highest BCUT2D eigenvalue weighted by Crippen LogP contribution is 2.29. The molecule has 0 aliphatic heterocycles. The van der Waals surface area contributed by atoms with Crippen LogP contribution in [0.4, 0.5) is 16.5 Å². The lowest BCUT2D eigenvalue weighted by atomic mass is 10.0. The second kappa shape index (κ2) is 6.96. The van der Waals surface area contributed by atoms with Crippen molar-refractivity contribution in [2.75, 3.05) is 11.1 Å². The van der Waals surface area contributed by atoms with Crippen LogP contribution >= 0.6 is 11.3 Å². The van der Waals surface area contributed by atoms with Crippen molar-refractivity contribution in [3.05, 3.63) is 44.4 Å². The van der Waals surface area contributed by atoms with E-state index < -0.39 is 10.8 Å². The molecule has 8 heteroatoms. The van der Waals surface area contributed by atoms with Crippen molar-refractivity contribution in [1.82, 2.24) is 4.98 Å². The number of nitrogens with two attached hydrogens (primary N) is 1. The second-order valence-corrected chi connectivity index (χ2v) is 6.87. The Balaban J connectivity index is 1.79. The minimum Gasteiger partial charge on any atom is -0.393 e. The zero-order valence-corrected chi connectivity index (χ0v) is 13.9. The number of hydrogen-bond donors (Lipinski definition) is 2. The molecule has 0 saturated carbocycles. The van der Waals surface area contributed by atoms with Gasteiger partial charge in [0, 0.05) is 16.5 Å². The van der Waals surface area contributed by atoms with E-state index in [1.165, 1.54) is 47.3 Å². The van der Waals surface area contributed by atoms with Crippen LogP contribution in [-0.2, 0) is 12.8 Å². The van der Waals surface area contributed by atoms with Crippen LogP contribution in [0.1, 0.15) is 46.6 Å². The monoisotopic (exact) mass is 346 g/mol. The van der Waals surface area contributed by atoms with Gasteiger partial charge < -0.3 is 5.73 Å². The Kier molecular flexibility index (Phi) is 4.75. The zero-order chi connectivity index (χ0) is 17.1. The molecule has 1 heterocycles. The molecule has 1 aliphatic carbocycles. The highest BCUT2D eigenvalue weighted by molar-refractivity contribution is 7.15. The first kappa shape index (κ1) is 16.4. The maximum Gasteiger partial charge on any atom is 0.292 e. The number of aryl methyl sites for hydroxylation is 2. The third-order valence-electron chi connectivity index (χ3n) is 4.06. The number of aromatic nitrogens is 1. The van der Waals surface area contributed by atoms with Crippen molar-refractivity contribution >= 4 is 33.8 Å². The van der Waals surface area contributed by atoms with Crippen molar-refractivity contribution in [1.29, 1.82) is 0 Å². The van der Waals surface area contributed by atoms with Crippen LogP contribution in [-0.4, -0.2) is 15.8 Å². The minimum absolute atomic E-state index is 0.0359. The molecule has 1 aromatic carbocycles. The number of benzene rings is 1. The number of nitrogens with one attached hydrogen (secondary N) is 1. The van der Waals surface area contributed by atoms with Gasteiger partial charge in [0.2, 0.25) is 0 Å². The van der Waals surface area contributed by atoms with E-state index >= 15 is 0 Å². The van der Waals surface area contributed by atoms with Crippen molar-refractivity contribution in [2.45, 2.75) is 38.5 Å². The summed E-state index contributed by atoms with van der Waals surface area (Å²) in [7, 11) is 0. The number of nitro groups is 1. The van der Waals surface area contributed by atoms with Gasteiger partial charge in [-0.2, -0.15) is 0 Å². The van der Waals surface area contributed by atoms with Gasteiger partial charge in [-0.3, -0.25) is 20.2 Å². The highest BCUT2D eigenvalue weighted by atomic mass is 32.1. The predicted molar refractivity (Wildman–Crippen MR) is 93.5 cm³/mol. The van der Waals surface area contributed by atoms with E-state index in [2.05, 4.69) is 10.3 Å². The number of amides is 1. The Hall–Kier alpha value is -2.48. The van der Waals surface area contributed by atoms with Crippen molar-refractivity contribution in [2.24, 2.45) is 0 Å². The topological polar surface area (TPSA) is 111 Å². The van der Waals surface area contributed by atoms with Crippen molar-refractivity contribution in [3.63, 3.8) is 0 Å². The van der Waals surface area contributed by atoms with Crippen LogP contribution in [0.25, 0.3) is 0 Å². The van der Waals surface area contributed by atoms with Crippen molar-refractivity contribution in [3.8, 4) is 0 Å². The number of carbonyl (C=O) groups excluding carboxylic acids is 1. The number of rotatable bonds is 3. The molecule has 1 amide bonds. The summed E-state index contributed by atoms with van der Waals surface area (Å²) in [5.41, 5.74) is 6.58. The maximum atomic E-state index is 12.3. The van der Waals surface area contributed by atoms with Gasteiger partial charge in [-0.05, 0) is 37.8 Å². The van der Waals surface area contributed by atoms with E-state index in [0.29, 0.717) is 5.13 Å². The van der Waals surface area contributed by atoms with E-state index in [1.807, 2.05) is 0 Å². The number of nitrogens with zero attached hydrogens (tertiary/aromatic N) is 2. The molecule has 1 aromatic heterocycles. The van der Waals surface area contributed by atoms with E-state index in [1.54, 1.807) is 0 Å². The standard InChI is InChI=1S/C16H18N4O3S/c17-11-8-7-10(9-13(11)20(22)23)15(21)19-16-18-12-5-3-1-2-4-6-14(12)24-16/h7-9H,1-6,17H2,(H,18,19,21). The molecule has 1 aliphatic rings. The highest BCUT2D eigenvalue weighted by Gasteiger charge is 2.18. The van der Waals surface area contributed by atoms with Crippen LogP contribution in [0.15, 0.2) is 18.2 Å². The molecule has 3 N–H and O–H groups in total. The molecule has 0 saturated heterocycles. The average molecular weight is 346 g/mol. The summed E-state index contributed by atoms with van der Waals surface area (Å²) in [6.45, 7) is 0. The lowest BCUT2D eigenvalue weighted by Crippen LogP contribution is -2.12. The Morgan fingerprint density at radius 3 is 2.75 bits per heavy atom. The van der Waals surface area contributed by atoms with Gasteiger partial charge in [0.1, 0.15) is 5.69 Å². The van der Waals surface area contributed by atoms with Gasteiger partial charge >= 0.3 is 0 Å². The third-order valence-corrected chi connectivity index (χ3v) is 5.13. The predicted octanol–water partition coefficient (Wildman–Crippen LogP) is 3.54. The Morgan fingerprint density at radius 1 is 1.25 bits per heavy atom. The Bertz CT molecular complexity index is 762. The summed E-state index contributed by atoms with van der Waals surface area (Å²) in [5, 5.41) is 14.2. The molecule has 0 spiro atoms. The number of anilines is 2. The van der Waals surface area contributed by atoms with E-state index in [0.717, 1.165) is 31.4 Å². The lowest BCUT2D eigenvalue weighted by molar-refractivity contribution is -0.383. The molecule has 0 unspecified atom stereocenters. The van der Waals surface area contributed by atoms with Gasteiger partial charge in [0.25, 0.3) is 11.6 Å². The first-order valence-corrected chi connectivity index (χ1v) is 8.70. The number of hydrogen-bond acceptors (Lipinski definition) is 6. The SMILES string of the molecule is Nc1ccc(C(=O)Nc2nc3c(s2)CCCCCC3)cc1[N+](=O)[O-]. The molecule has 24 heavy (non-hydrogen) atoms. The van der Waals surface area contributed by atoms with Crippen molar-refractivity contribution < 1.29 is 9.72 Å². The number of nitro benzene ring substituents is 1. The van der Waals surface area contributed by atoms with Crippen LogP contribution in [0, 0.1) is 10.1 Å². The third kappa shape index (κ3) is 3.53. The normalized spacial score (nSPS) is 14.3. The molecule has 2 aromatic rings. The molecule has 0 atom stereocenters. The van der Waals surface area contributed by atoms with E-state index in [-0.39, 0.29) is 16.9 Å². The quantitative estimate of drug-likeness (QED) is 0.501. The van der Waals surface area contributed by atoms with Gasteiger partial charge in [-0.15, -0.1) is 11.3 Å². The molecular formula is C16H18N4O3S. The Labute approximate surface area is 143 Å². The fourth-order valence-corrected chi connectivity index (χ4v) is 3.82. The van der Waals surface area contributed by atoms with Crippen LogP contribution in [0.2, 0.25) is 0 Å². The fraction of sp³-hybridized carbons (Fsp3) is 0.375. The largest absolute Gasteiger partial charge is 0.393 e. The lowest BCUT2D eigenvalue weighted by Gasteiger charge is -2.06. The molecule has 0 fully saturated rings. The van der Waals surface area contributed by atoms with Gasteiger partial charge in [-0.1, -0.05) is 12.8 Å². The number of carbonyl (C=O) groups is 1. The summed E-state index contributed by atoms with van der Waals surface area (Å²) in [6, 6.07) is 4.03. The van der Waals surface area contributed by atoms with E-state index in [4.69, 9.17) is 5.73 Å². The molecule has 0 radical (unpaired) electrons. The van der Waals surface area contributed by atoms with E-state index in [9.17, 15) is 14.9 Å². The summed E-state index contributed by atoms with van der Waals surface area (Å²) < 4.78 is 0. The smallest absolute Gasteiger partial charge is 0.292 e. The zero-order valence-electron chi connectivity index (χ0n) is 13.1. The fourth-order valence-electron chi connectivity index (χ4n) is 2.77. The second-order valence-electron chi connectivity index (χ2n) is 5.79. The Morgan fingerprint density at radius 2 is 2.00 bits per heavy atom. The van der Waals surface area contributed by atoms with Gasteiger partial charge in [0.15, 0.2) is 5.13 Å². The van der Waals surface area contributed by atoms with Crippen LogP contribution in [0.5, 0.6) is 0 Å². The first-order valence-electron chi connectivity index (χ1n) is 7.88. The van der Waals surface area contributed by atoms with Gasteiger partial charge in [0.05, 0.1) is 10.6 Å². The molecule has 7 nitrogen and oxygen atoms in total. The molecule has 126 valence electrons. The molecule has 0 bridgehead atoms.